The van der Waals surface area contributed by atoms with Gasteiger partial charge in [0, 0.05) is 24.6 Å². The Morgan fingerprint density at radius 3 is 3.19 bits per heavy atom. The minimum absolute atomic E-state index is 0.728. The first-order chi connectivity index (χ1) is 7.74. The molecule has 1 heterocycles. The van der Waals surface area contributed by atoms with E-state index in [4.69, 9.17) is 5.73 Å². The number of thioether (sulfide) groups is 1. The van der Waals surface area contributed by atoms with Gasteiger partial charge in [-0.3, -0.25) is 4.99 Å². The normalized spacial score (nSPS) is 22.2. The molecule has 1 rings (SSSR count). The Labute approximate surface area is 103 Å². The summed E-state index contributed by atoms with van der Waals surface area (Å²) >= 11 is 1.84. The number of likely N-dealkylation sites (tertiary alicyclic amines) is 1. The summed E-state index contributed by atoms with van der Waals surface area (Å²) in [6, 6.07) is 0. The smallest absolute Gasteiger partial charge is 0.191 e. The van der Waals surface area contributed by atoms with E-state index in [0.717, 1.165) is 43.0 Å². The Hall–Kier alpha value is -0.640. The van der Waals surface area contributed by atoms with Gasteiger partial charge >= 0.3 is 0 Å². The van der Waals surface area contributed by atoms with Crippen molar-refractivity contribution in [3.8, 4) is 0 Å². The maximum Gasteiger partial charge on any atom is 0.191 e. The Balaban J connectivity index is 2.23. The van der Waals surface area contributed by atoms with Crippen molar-refractivity contribution in [2.75, 3.05) is 31.1 Å². The lowest BCUT2D eigenvalue weighted by Gasteiger charge is -2.31. The van der Waals surface area contributed by atoms with Crippen molar-refractivity contribution in [3.05, 3.63) is 12.7 Å². The molecule has 16 heavy (non-hydrogen) atoms. The van der Waals surface area contributed by atoms with Gasteiger partial charge < -0.3 is 10.6 Å². The number of nitrogens with zero attached hydrogens (tertiary/aromatic N) is 2. The number of rotatable bonds is 5. The van der Waals surface area contributed by atoms with E-state index in [-0.39, 0.29) is 0 Å². The average molecular weight is 241 g/mol. The van der Waals surface area contributed by atoms with Crippen molar-refractivity contribution >= 4 is 17.7 Å². The molecule has 1 aliphatic rings. The zero-order chi connectivity index (χ0) is 11.8. The van der Waals surface area contributed by atoms with Crippen LogP contribution in [0.4, 0.5) is 0 Å². The predicted octanol–water partition coefficient (Wildman–Crippen LogP) is 1.95. The molecule has 1 aliphatic heterocycles. The lowest BCUT2D eigenvalue weighted by Crippen LogP contribution is -2.43. The molecular weight excluding hydrogens is 218 g/mol. The standard InChI is InChI=1S/C12H23N3S/c1-3-8-16-9-6-14-12(13)15-7-4-5-11(2)10-15/h3,11H,1,4-10H2,2H3,(H2,13,14). The maximum absolute atomic E-state index is 5.97. The quantitative estimate of drug-likeness (QED) is 0.346. The summed E-state index contributed by atoms with van der Waals surface area (Å²) in [6.45, 7) is 8.91. The van der Waals surface area contributed by atoms with Crippen LogP contribution in [0.3, 0.4) is 0 Å². The number of piperidine rings is 1. The Morgan fingerprint density at radius 1 is 1.69 bits per heavy atom. The van der Waals surface area contributed by atoms with E-state index in [1.165, 1.54) is 12.8 Å². The second-order valence-electron chi connectivity index (χ2n) is 4.30. The molecule has 0 amide bonds. The van der Waals surface area contributed by atoms with Gasteiger partial charge in [0.1, 0.15) is 0 Å². The van der Waals surface area contributed by atoms with Crippen molar-refractivity contribution in [2.24, 2.45) is 16.6 Å². The summed E-state index contributed by atoms with van der Waals surface area (Å²) in [4.78, 5) is 6.63. The first-order valence-corrected chi connectivity index (χ1v) is 7.13. The van der Waals surface area contributed by atoms with Gasteiger partial charge in [-0.15, -0.1) is 6.58 Å². The van der Waals surface area contributed by atoms with E-state index in [1.807, 2.05) is 17.8 Å². The van der Waals surface area contributed by atoms with Crippen LogP contribution in [0.5, 0.6) is 0 Å². The van der Waals surface area contributed by atoms with E-state index in [2.05, 4.69) is 23.4 Å². The highest BCUT2D eigenvalue weighted by Gasteiger charge is 2.17. The van der Waals surface area contributed by atoms with Crippen molar-refractivity contribution in [2.45, 2.75) is 19.8 Å². The van der Waals surface area contributed by atoms with Crippen molar-refractivity contribution in [1.29, 1.82) is 0 Å². The van der Waals surface area contributed by atoms with Crippen LogP contribution in [0.1, 0.15) is 19.8 Å². The summed E-state index contributed by atoms with van der Waals surface area (Å²) in [7, 11) is 0. The summed E-state index contributed by atoms with van der Waals surface area (Å²) in [5, 5.41) is 0. The predicted molar refractivity (Wildman–Crippen MR) is 74.0 cm³/mol. The molecule has 1 saturated heterocycles. The van der Waals surface area contributed by atoms with Gasteiger partial charge in [0.2, 0.25) is 0 Å². The van der Waals surface area contributed by atoms with Crippen LogP contribution >= 0.6 is 11.8 Å². The van der Waals surface area contributed by atoms with Gasteiger partial charge in [-0.1, -0.05) is 13.0 Å². The van der Waals surface area contributed by atoms with E-state index in [0.29, 0.717) is 0 Å². The van der Waals surface area contributed by atoms with E-state index >= 15 is 0 Å². The number of aliphatic imine (C=N–C) groups is 1. The molecule has 92 valence electrons. The van der Waals surface area contributed by atoms with Gasteiger partial charge in [0.05, 0.1) is 6.54 Å². The molecular formula is C12H23N3S. The number of hydrogen-bond donors (Lipinski definition) is 1. The topological polar surface area (TPSA) is 41.6 Å². The Kier molecular flexibility index (Phi) is 6.38. The summed E-state index contributed by atoms with van der Waals surface area (Å²) in [5.74, 6) is 3.50. The zero-order valence-corrected chi connectivity index (χ0v) is 11.0. The van der Waals surface area contributed by atoms with Crippen LogP contribution < -0.4 is 5.73 Å². The second kappa shape index (κ2) is 7.60. The molecule has 0 radical (unpaired) electrons. The van der Waals surface area contributed by atoms with E-state index in [9.17, 15) is 0 Å². The fraction of sp³-hybridized carbons (Fsp3) is 0.750. The Morgan fingerprint density at radius 2 is 2.50 bits per heavy atom. The van der Waals surface area contributed by atoms with Gasteiger partial charge in [-0.05, 0) is 18.8 Å². The van der Waals surface area contributed by atoms with E-state index in [1.54, 1.807) is 0 Å². The Bertz CT molecular complexity index is 240. The summed E-state index contributed by atoms with van der Waals surface area (Å²) < 4.78 is 0. The third-order valence-corrected chi connectivity index (χ3v) is 3.67. The lowest BCUT2D eigenvalue weighted by molar-refractivity contribution is 0.270. The minimum atomic E-state index is 0.728. The maximum atomic E-state index is 5.97. The van der Waals surface area contributed by atoms with Gasteiger partial charge in [-0.25, -0.2) is 0 Å². The SMILES string of the molecule is C=CCSCCN=C(N)N1CCCC(C)C1. The molecule has 2 N–H and O–H groups in total. The highest BCUT2D eigenvalue weighted by molar-refractivity contribution is 7.99. The largest absolute Gasteiger partial charge is 0.370 e. The number of guanidine groups is 1. The third-order valence-electron chi connectivity index (χ3n) is 2.73. The monoisotopic (exact) mass is 241 g/mol. The average Bonchev–Trinajstić information content (AvgIpc) is 2.28. The zero-order valence-electron chi connectivity index (χ0n) is 10.2. The first kappa shape index (κ1) is 13.4. The highest BCUT2D eigenvalue weighted by atomic mass is 32.2. The molecule has 4 heteroatoms. The molecule has 0 aromatic carbocycles. The number of hydrogen-bond acceptors (Lipinski definition) is 2. The first-order valence-electron chi connectivity index (χ1n) is 5.97. The number of nitrogens with two attached hydrogens (primary N) is 1. The fourth-order valence-corrected chi connectivity index (χ4v) is 2.44. The third kappa shape index (κ3) is 4.92. The van der Waals surface area contributed by atoms with E-state index < -0.39 is 0 Å². The lowest BCUT2D eigenvalue weighted by atomic mass is 10.0. The van der Waals surface area contributed by atoms with Crippen LogP contribution in [0, 0.1) is 5.92 Å². The van der Waals surface area contributed by atoms with Crippen molar-refractivity contribution in [1.82, 2.24) is 4.90 Å². The van der Waals surface area contributed by atoms with Gasteiger partial charge in [0.15, 0.2) is 5.96 Å². The molecule has 1 fully saturated rings. The molecule has 1 unspecified atom stereocenters. The van der Waals surface area contributed by atoms with Gasteiger partial charge in [-0.2, -0.15) is 11.8 Å². The van der Waals surface area contributed by atoms with Crippen molar-refractivity contribution in [3.63, 3.8) is 0 Å². The molecule has 1 atom stereocenters. The highest BCUT2D eigenvalue weighted by Crippen LogP contribution is 2.14. The molecule has 0 aromatic heterocycles. The van der Waals surface area contributed by atoms with Crippen LogP contribution in [-0.2, 0) is 0 Å². The summed E-state index contributed by atoms with van der Waals surface area (Å²) in [5.41, 5.74) is 5.97. The molecule has 0 aliphatic carbocycles. The van der Waals surface area contributed by atoms with Crippen LogP contribution in [-0.4, -0.2) is 42.0 Å². The van der Waals surface area contributed by atoms with Crippen LogP contribution in [0.15, 0.2) is 17.6 Å². The molecule has 0 bridgehead atoms. The summed E-state index contributed by atoms with van der Waals surface area (Å²) in [6.07, 6.45) is 4.48. The fourth-order valence-electron chi connectivity index (χ4n) is 1.89. The minimum Gasteiger partial charge on any atom is -0.370 e. The second-order valence-corrected chi connectivity index (χ2v) is 5.45. The van der Waals surface area contributed by atoms with Crippen molar-refractivity contribution < 1.29 is 0 Å². The molecule has 0 spiro atoms. The molecule has 3 nitrogen and oxygen atoms in total. The molecule has 0 saturated carbocycles. The molecule has 0 aromatic rings. The van der Waals surface area contributed by atoms with Crippen LogP contribution in [0.25, 0.3) is 0 Å². The van der Waals surface area contributed by atoms with Gasteiger partial charge in [0.25, 0.3) is 0 Å². The van der Waals surface area contributed by atoms with Crippen LogP contribution in [0.2, 0.25) is 0 Å².